The molecule has 0 saturated carbocycles. The van der Waals surface area contributed by atoms with Crippen molar-refractivity contribution >= 4 is 0 Å². The van der Waals surface area contributed by atoms with Crippen molar-refractivity contribution in [3.63, 3.8) is 0 Å². The summed E-state index contributed by atoms with van der Waals surface area (Å²) >= 11 is 0. The van der Waals surface area contributed by atoms with E-state index in [0.717, 1.165) is 19.1 Å². The van der Waals surface area contributed by atoms with Crippen LogP contribution in [0.15, 0.2) is 0 Å². The predicted octanol–water partition coefficient (Wildman–Crippen LogP) is 0.755. The molecule has 0 aliphatic carbocycles. The lowest BCUT2D eigenvalue weighted by Gasteiger charge is -2.42. The third kappa shape index (κ3) is 1.95. The molecule has 0 spiro atoms. The van der Waals surface area contributed by atoms with Gasteiger partial charge in [-0.3, -0.25) is 0 Å². The highest BCUT2D eigenvalue weighted by atomic mass is 16.5. The van der Waals surface area contributed by atoms with Gasteiger partial charge in [0.2, 0.25) is 0 Å². The normalized spacial score (nSPS) is 38.8. The Morgan fingerprint density at radius 3 is 2.86 bits per heavy atom. The molecule has 0 aromatic heterocycles. The van der Waals surface area contributed by atoms with E-state index in [9.17, 15) is 0 Å². The molecule has 2 unspecified atom stereocenters. The minimum Gasteiger partial charge on any atom is -0.383 e. The average Bonchev–Trinajstić information content (AvgIpc) is 2.73. The SMILES string of the molecule is COCC1(C2CCNC2)CCCCN1. The second-order valence-electron chi connectivity index (χ2n) is 4.66. The summed E-state index contributed by atoms with van der Waals surface area (Å²) in [5.74, 6) is 0.766. The number of nitrogens with one attached hydrogen (secondary N) is 2. The highest BCUT2D eigenvalue weighted by Gasteiger charge is 2.40. The predicted molar refractivity (Wildman–Crippen MR) is 57.4 cm³/mol. The first-order chi connectivity index (χ1) is 6.87. The van der Waals surface area contributed by atoms with Crippen LogP contribution in [0.1, 0.15) is 25.7 Å². The molecule has 0 aromatic rings. The quantitative estimate of drug-likeness (QED) is 0.702. The number of methoxy groups -OCH3 is 1. The molecule has 2 heterocycles. The van der Waals surface area contributed by atoms with Gasteiger partial charge in [0.05, 0.1) is 6.61 Å². The van der Waals surface area contributed by atoms with E-state index in [4.69, 9.17) is 4.74 Å². The topological polar surface area (TPSA) is 33.3 Å². The third-order valence-electron chi connectivity index (χ3n) is 3.77. The molecule has 2 aliphatic heterocycles. The Balaban J connectivity index is 2.02. The van der Waals surface area contributed by atoms with Crippen LogP contribution in [0.2, 0.25) is 0 Å². The summed E-state index contributed by atoms with van der Waals surface area (Å²) < 4.78 is 5.41. The smallest absolute Gasteiger partial charge is 0.0647 e. The molecular formula is C11H22N2O. The van der Waals surface area contributed by atoms with Crippen LogP contribution in [-0.4, -0.2) is 38.9 Å². The van der Waals surface area contributed by atoms with Crippen molar-refractivity contribution in [2.75, 3.05) is 33.4 Å². The maximum Gasteiger partial charge on any atom is 0.0647 e. The van der Waals surface area contributed by atoms with Gasteiger partial charge in [-0.05, 0) is 44.8 Å². The van der Waals surface area contributed by atoms with Gasteiger partial charge in [0.1, 0.15) is 0 Å². The highest BCUT2D eigenvalue weighted by molar-refractivity contribution is 4.99. The average molecular weight is 198 g/mol. The first-order valence-corrected chi connectivity index (χ1v) is 5.82. The zero-order chi connectivity index (χ0) is 9.86. The zero-order valence-electron chi connectivity index (χ0n) is 9.14. The molecule has 0 bridgehead atoms. The van der Waals surface area contributed by atoms with Gasteiger partial charge in [0, 0.05) is 12.6 Å². The van der Waals surface area contributed by atoms with Gasteiger partial charge in [0.25, 0.3) is 0 Å². The molecule has 14 heavy (non-hydrogen) atoms. The summed E-state index contributed by atoms with van der Waals surface area (Å²) in [5, 5.41) is 7.17. The van der Waals surface area contributed by atoms with E-state index in [1.807, 2.05) is 7.11 Å². The Morgan fingerprint density at radius 1 is 1.36 bits per heavy atom. The van der Waals surface area contributed by atoms with E-state index < -0.39 is 0 Å². The summed E-state index contributed by atoms with van der Waals surface area (Å²) in [6, 6.07) is 0. The van der Waals surface area contributed by atoms with Gasteiger partial charge in [-0.15, -0.1) is 0 Å². The van der Waals surface area contributed by atoms with Crippen molar-refractivity contribution in [1.82, 2.24) is 10.6 Å². The maximum atomic E-state index is 5.41. The van der Waals surface area contributed by atoms with Crippen LogP contribution in [-0.2, 0) is 4.74 Å². The van der Waals surface area contributed by atoms with E-state index in [-0.39, 0.29) is 5.54 Å². The molecule has 2 N–H and O–H groups in total. The lowest BCUT2D eigenvalue weighted by molar-refractivity contribution is 0.0535. The minimum absolute atomic E-state index is 0.274. The van der Waals surface area contributed by atoms with Crippen LogP contribution in [0, 0.1) is 5.92 Å². The number of piperidine rings is 1. The monoisotopic (exact) mass is 198 g/mol. The number of ether oxygens (including phenoxy) is 1. The lowest BCUT2D eigenvalue weighted by atomic mass is 9.77. The van der Waals surface area contributed by atoms with E-state index in [0.29, 0.717) is 0 Å². The minimum atomic E-state index is 0.274. The summed E-state index contributed by atoms with van der Waals surface area (Å²) in [6.45, 7) is 4.38. The molecule has 2 atom stereocenters. The third-order valence-corrected chi connectivity index (χ3v) is 3.77. The first-order valence-electron chi connectivity index (χ1n) is 5.82. The van der Waals surface area contributed by atoms with Crippen LogP contribution < -0.4 is 10.6 Å². The van der Waals surface area contributed by atoms with Gasteiger partial charge in [-0.2, -0.15) is 0 Å². The van der Waals surface area contributed by atoms with Crippen LogP contribution in [0.5, 0.6) is 0 Å². The fraction of sp³-hybridized carbons (Fsp3) is 1.00. The van der Waals surface area contributed by atoms with Crippen LogP contribution >= 0.6 is 0 Å². The van der Waals surface area contributed by atoms with Crippen molar-refractivity contribution in [2.24, 2.45) is 5.92 Å². The molecule has 2 fully saturated rings. The molecule has 2 saturated heterocycles. The van der Waals surface area contributed by atoms with Gasteiger partial charge >= 0.3 is 0 Å². The number of rotatable bonds is 3. The Morgan fingerprint density at radius 2 is 2.29 bits per heavy atom. The van der Waals surface area contributed by atoms with Gasteiger partial charge in [0.15, 0.2) is 0 Å². The summed E-state index contributed by atoms with van der Waals surface area (Å²) in [7, 11) is 1.82. The molecule has 0 amide bonds. The number of hydrogen-bond donors (Lipinski definition) is 2. The molecule has 82 valence electrons. The van der Waals surface area contributed by atoms with Gasteiger partial charge < -0.3 is 15.4 Å². The van der Waals surface area contributed by atoms with E-state index in [1.54, 1.807) is 0 Å². The molecular weight excluding hydrogens is 176 g/mol. The molecule has 0 aromatic carbocycles. The van der Waals surface area contributed by atoms with Crippen molar-refractivity contribution in [1.29, 1.82) is 0 Å². The van der Waals surface area contributed by atoms with Gasteiger partial charge in [-0.1, -0.05) is 6.42 Å². The largest absolute Gasteiger partial charge is 0.383 e. The van der Waals surface area contributed by atoms with Crippen LogP contribution in [0.25, 0.3) is 0 Å². The van der Waals surface area contributed by atoms with Crippen molar-refractivity contribution in [3.8, 4) is 0 Å². The lowest BCUT2D eigenvalue weighted by Crippen LogP contribution is -2.57. The van der Waals surface area contributed by atoms with Crippen LogP contribution in [0.3, 0.4) is 0 Å². The summed E-state index contributed by atoms with van der Waals surface area (Å²) in [6.07, 6.45) is 5.27. The number of hydrogen-bond acceptors (Lipinski definition) is 3. The Hall–Kier alpha value is -0.120. The molecule has 3 nitrogen and oxygen atoms in total. The molecule has 0 radical (unpaired) electrons. The van der Waals surface area contributed by atoms with Gasteiger partial charge in [-0.25, -0.2) is 0 Å². The fourth-order valence-corrected chi connectivity index (χ4v) is 2.96. The van der Waals surface area contributed by atoms with E-state index >= 15 is 0 Å². The summed E-state index contributed by atoms with van der Waals surface area (Å²) in [5.41, 5.74) is 0.274. The molecule has 2 rings (SSSR count). The fourth-order valence-electron chi connectivity index (χ4n) is 2.96. The standard InChI is InChI=1S/C11H22N2O/c1-14-9-11(5-2-3-6-13-11)10-4-7-12-8-10/h10,12-13H,2-9H2,1H3. The highest BCUT2D eigenvalue weighted by Crippen LogP contribution is 2.31. The Labute approximate surface area is 86.6 Å². The summed E-state index contributed by atoms with van der Waals surface area (Å²) in [4.78, 5) is 0. The second-order valence-corrected chi connectivity index (χ2v) is 4.66. The maximum absolute atomic E-state index is 5.41. The zero-order valence-corrected chi connectivity index (χ0v) is 9.14. The second kappa shape index (κ2) is 4.60. The van der Waals surface area contributed by atoms with Crippen molar-refractivity contribution in [3.05, 3.63) is 0 Å². The Kier molecular flexibility index (Phi) is 3.42. The van der Waals surface area contributed by atoms with E-state index in [1.165, 1.54) is 38.8 Å². The first kappa shape index (κ1) is 10.4. The Bertz CT molecular complexity index is 167. The van der Waals surface area contributed by atoms with Crippen LogP contribution in [0.4, 0.5) is 0 Å². The molecule has 3 heteroatoms. The van der Waals surface area contributed by atoms with Crippen molar-refractivity contribution < 1.29 is 4.74 Å². The van der Waals surface area contributed by atoms with E-state index in [2.05, 4.69) is 10.6 Å². The van der Waals surface area contributed by atoms with Crippen molar-refractivity contribution in [2.45, 2.75) is 31.2 Å². The molecule has 2 aliphatic rings.